The zero-order valence-corrected chi connectivity index (χ0v) is 20.8. The number of aromatic nitrogens is 1. The monoisotopic (exact) mass is 496 g/mol. The van der Waals surface area contributed by atoms with E-state index < -0.39 is 28.4 Å². The van der Waals surface area contributed by atoms with Crippen LogP contribution in [0.2, 0.25) is 0 Å². The number of esters is 1. The van der Waals surface area contributed by atoms with Gasteiger partial charge in [-0.25, -0.2) is 13.2 Å². The molecule has 4 rings (SSSR count). The van der Waals surface area contributed by atoms with Gasteiger partial charge in [0.25, 0.3) is 0 Å². The highest BCUT2D eigenvalue weighted by Crippen LogP contribution is 2.22. The first-order valence-electron chi connectivity index (χ1n) is 11.3. The largest absolute Gasteiger partial charge is 0.454 e. The van der Waals surface area contributed by atoms with Gasteiger partial charge in [0.15, 0.2) is 12.4 Å². The van der Waals surface area contributed by atoms with E-state index in [9.17, 15) is 18.0 Å². The van der Waals surface area contributed by atoms with E-state index >= 15 is 0 Å². The molecule has 1 aliphatic heterocycles. The van der Waals surface area contributed by atoms with Crippen molar-refractivity contribution in [1.29, 1.82) is 0 Å². The van der Waals surface area contributed by atoms with Crippen molar-refractivity contribution in [3.63, 3.8) is 0 Å². The fraction of sp³-hybridized carbons (Fsp3) is 0.308. The number of hydrogen-bond donors (Lipinski definition) is 0. The van der Waals surface area contributed by atoms with Crippen LogP contribution in [0, 0.1) is 20.8 Å². The van der Waals surface area contributed by atoms with Crippen LogP contribution in [0.5, 0.6) is 0 Å². The average Bonchev–Trinajstić information content (AvgIpc) is 3.17. The molecule has 1 aliphatic rings. The third kappa shape index (κ3) is 5.22. The maximum atomic E-state index is 12.7. The van der Waals surface area contributed by atoms with Crippen molar-refractivity contribution in [2.75, 3.05) is 32.9 Å². The lowest BCUT2D eigenvalue weighted by atomic mass is 10.1. The Balaban J connectivity index is 1.42. The molecule has 35 heavy (non-hydrogen) atoms. The fourth-order valence-electron chi connectivity index (χ4n) is 4.10. The van der Waals surface area contributed by atoms with Crippen LogP contribution >= 0.6 is 0 Å². The van der Waals surface area contributed by atoms with E-state index in [0.29, 0.717) is 31.9 Å². The van der Waals surface area contributed by atoms with Crippen molar-refractivity contribution in [2.24, 2.45) is 0 Å². The second-order valence-electron chi connectivity index (χ2n) is 8.50. The van der Waals surface area contributed by atoms with Gasteiger partial charge in [0.05, 0.1) is 23.7 Å². The molecule has 0 unspecified atom stereocenters. The second-order valence-corrected chi connectivity index (χ2v) is 10.4. The molecule has 1 aromatic heterocycles. The molecule has 0 radical (unpaired) electrons. The summed E-state index contributed by atoms with van der Waals surface area (Å²) in [5, 5.41) is 0. The topological polar surface area (TPSA) is 94.9 Å². The number of hydrogen-bond acceptors (Lipinski definition) is 6. The van der Waals surface area contributed by atoms with Crippen molar-refractivity contribution in [2.45, 2.75) is 25.7 Å². The summed E-state index contributed by atoms with van der Waals surface area (Å²) in [6.07, 6.45) is 0. The smallest absolute Gasteiger partial charge is 0.340 e. The Kier molecular flexibility index (Phi) is 7.20. The van der Waals surface area contributed by atoms with Crippen LogP contribution in [0.25, 0.3) is 5.69 Å². The van der Waals surface area contributed by atoms with Gasteiger partial charge in [-0.05, 0) is 63.2 Å². The highest BCUT2D eigenvalue weighted by atomic mass is 32.2. The molecule has 1 saturated heterocycles. The minimum atomic E-state index is -3.64. The Bertz CT molecular complexity index is 1340. The predicted octanol–water partition coefficient (Wildman–Crippen LogP) is 3.46. The molecular formula is C26H28N2O6S. The molecule has 8 nitrogen and oxygen atoms in total. The van der Waals surface area contributed by atoms with Crippen LogP contribution in [0.3, 0.4) is 0 Å². The molecular weight excluding hydrogens is 468 g/mol. The van der Waals surface area contributed by atoms with Gasteiger partial charge < -0.3 is 14.0 Å². The van der Waals surface area contributed by atoms with Crippen LogP contribution in [0.15, 0.2) is 59.5 Å². The van der Waals surface area contributed by atoms with Gasteiger partial charge in [-0.3, -0.25) is 4.79 Å². The Morgan fingerprint density at radius 1 is 0.943 bits per heavy atom. The van der Waals surface area contributed by atoms with Gasteiger partial charge in [-0.2, -0.15) is 4.31 Å². The van der Waals surface area contributed by atoms with Crippen molar-refractivity contribution >= 4 is 21.8 Å². The van der Waals surface area contributed by atoms with Gasteiger partial charge >= 0.3 is 5.97 Å². The van der Waals surface area contributed by atoms with Gasteiger partial charge in [0.2, 0.25) is 10.0 Å². The molecule has 0 spiro atoms. The first kappa shape index (κ1) is 24.8. The van der Waals surface area contributed by atoms with Crippen molar-refractivity contribution in [1.82, 2.24) is 8.87 Å². The minimum Gasteiger partial charge on any atom is -0.454 e. The molecule has 0 amide bonds. The Labute approximate surface area is 205 Å². The van der Waals surface area contributed by atoms with Gasteiger partial charge in [-0.15, -0.1) is 0 Å². The minimum absolute atomic E-state index is 0.108. The number of carbonyl (C=O) groups is 2. The van der Waals surface area contributed by atoms with E-state index in [1.165, 1.54) is 28.6 Å². The highest BCUT2D eigenvalue weighted by Gasteiger charge is 2.26. The zero-order chi connectivity index (χ0) is 25.2. The summed E-state index contributed by atoms with van der Waals surface area (Å²) in [6.45, 7) is 6.61. The lowest BCUT2D eigenvalue weighted by molar-refractivity contribution is 0.0474. The molecule has 2 aromatic carbocycles. The number of Topliss-reactive ketones (excluding diaryl/α,β-unsaturated/α-hetero) is 1. The summed E-state index contributed by atoms with van der Waals surface area (Å²) < 4.78 is 39.3. The van der Waals surface area contributed by atoms with E-state index in [1.54, 1.807) is 6.07 Å². The number of rotatable bonds is 7. The number of benzene rings is 2. The normalized spacial score (nSPS) is 14.6. The number of nitrogens with zero attached hydrogens (tertiary/aromatic N) is 2. The van der Waals surface area contributed by atoms with E-state index in [0.717, 1.165) is 22.6 Å². The molecule has 1 fully saturated rings. The van der Waals surface area contributed by atoms with E-state index in [-0.39, 0.29) is 10.5 Å². The Morgan fingerprint density at radius 2 is 1.57 bits per heavy atom. The number of morpholine rings is 1. The van der Waals surface area contributed by atoms with Crippen molar-refractivity contribution < 1.29 is 27.5 Å². The molecule has 0 aliphatic carbocycles. The lowest BCUT2D eigenvalue weighted by Crippen LogP contribution is -2.40. The third-order valence-corrected chi connectivity index (χ3v) is 7.97. The fourth-order valence-corrected chi connectivity index (χ4v) is 5.51. The summed E-state index contributed by atoms with van der Waals surface area (Å²) in [6, 6.07) is 15.4. The molecule has 9 heteroatoms. The second kappa shape index (κ2) is 10.2. The van der Waals surface area contributed by atoms with Gasteiger partial charge in [0.1, 0.15) is 0 Å². The first-order chi connectivity index (χ1) is 16.7. The standard InChI is InChI=1S/C26H28N2O6S/c1-18-4-8-22(9-5-18)28-19(2)16-24(20(28)3)26(30)34-17-25(29)21-6-10-23(11-7-21)35(31,32)27-12-14-33-15-13-27/h4-11,16H,12-15,17H2,1-3H3. The van der Waals surface area contributed by atoms with Crippen LogP contribution in [-0.2, 0) is 19.5 Å². The summed E-state index contributed by atoms with van der Waals surface area (Å²) in [7, 11) is -3.64. The first-order valence-corrected chi connectivity index (χ1v) is 12.8. The Hall–Kier alpha value is -3.27. The van der Waals surface area contributed by atoms with Crippen LogP contribution < -0.4 is 0 Å². The highest BCUT2D eigenvalue weighted by molar-refractivity contribution is 7.89. The maximum Gasteiger partial charge on any atom is 0.340 e. The average molecular weight is 497 g/mol. The van der Waals surface area contributed by atoms with Crippen LogP contribution in [0.1, 0.15) is 37.7 Å². The molecule has 3 aromatic rings. The van der Waals surface area contributed by atoms with Gasteiger partial charge in [-0.1, -0.05) is 17.7 Å². The van der Waals surface area contributed by atoms with Crippen molar-refractivity contribution in [3.8, 4) is 5.69 Å². The summed E-state index contributed by atoms with van der Waals surface area (Å²) >= 11 is 0. The predicted molar refractivity (Wildman–Crippen MR) is 131 cm³/mol. The van der Waals surface area contributed by atoms with Gasteiger partial charge in [0, 0.05) is 35.7 Å². The lowest BCUT2D eigenvalue weighted by Gasteiger charge is -2.26. The quantitative estimate of drug-likeness (QED) is 0.367. The number of carbonyl (C=O) groups excluding carboxylic acids is 2. The number of ketones is 1. The summed E-state index contributed by atoms with van der Waals surface area (Å²) in [5.41, 5.74) is 4.34. The van der Waals surface area contributed by atoms with E-state index in [1.807, 2.05) is 49.6 Å². The van der Waals surface area contributed by atoms with E-state index in [4.69, 9.17) is 9.47 Å². The molecule has 2 heterocycles. The summed E-state index contributed by atoms with van der Waals surface area (Å²) in [5.74, 6) is -1.00. The molecule has 0 atom stereocenters. The van der Waals surface area contributed by atoms with Crippen LogP contribution in [-0.4, -0.2) is 62.0 Å². The molecule has 0 bridgehead atoms. The van der Waals surface area contributed by atoms with Crippen molar-refractivity contribution in [3.05, 3.63) is 82.7 Å². The van der Waals surface area contributed by atoms with Crippen LogP contribution in [0.4, 0.5) is 0 Å². The summed E-state index contributed by atoms with van der Waals surface area (Å²) in [4.78, 5) is 25.4. The SMILES string of the molecule is Cc1ccc(-n2c(C)cc(C(=O)OCC(=O)c3ccc(S(=O)(=O)N4CCOCC4)cc3)c2C)cc1. The molecule has 184 valence electrons. The Morgan fingerprint density at radius 3 is 2.20 bits per heavy atom. The zero-order valence-electron chi connectivity index (χ0n) is 20.0. The third-order valence-electron chi connectivity index (χ3n) is 6.06. The number of ether oxygens (including phenoxy) is 2. The molecule has 0 N–H and O–H groups in total. The van der Waals surface area contributed by atoms with E-state index in [2.05, 4.69) is 0 Å². The number of aryl methyl sites for hydroxylation is 2. The number of sulfonamides is 1. The molecule has 0 saturated carbocycles. The maximum absolute atomic E-state index is 12.7.